The van der Waals surface area contributed by atoms with Crippen LogP contribution in [-0.4, -0.2) is 32.8 Å². The molecule has 2 heterocycles. The fourth-order valence-corrected chi connectivity index (χ4v) is 3.36. The van der Waals surface area contributed by atoms with Gasteiger partial charge < -0.3 is 4.57 Å². The lowest BCUT2D eigenvalue weighted by molar-refractivity contribution is 0.0651. The standard InChI is InChI=1S/C20H19N3O2/c24-19-15-8-2-3-9-16(15)20(25)23(19)13-7-1-6-12-22-14-21-17-10-4-5-11-18(17)22/h2-5,8-11,14H,1,6-7,12-13H2. The van der Waals surface area contributed by atoms with Gasteiger partial charge in [0.25, 0.3) is 11.8 Å². The number of carbonyl (C=O) groups is 2. The average Bonchev–Trinajstić information content (AvgIpc) is 3.16. The van der Waals surface area contributed by atoms with E-state index in [0.717, 1.165) is 36.8 Å². The van der Waals surface area contributed by atoms with Crippen LogP contribution in [0.1, 0.15) is 40.0 Å². The third-order valence-electron chi connectivity index (χ3n) is 4.69. The van der Waals surface area contributed by atoms with Crippen molar-refractivity contribution in [1.29, 1.82) is 0 Å². The molecule has 1 aromatic heterocycles. The van der Waals surface area contributed by atoms with Gasteiger partial charge in [0.2, 0.25) is 0 Å². The number of rotatable bonds is 6. The summed E-state index contributed by atoms with van der Waals surface area (Å²) in [5, 5.41) is 0. The molecule has 25 heavy (non-hydrogen) atoms. The molecule has 5 heteroatoms. The minimum absolute atomic E-state index is 0.166. The van der Waals surface area contributed by atoms with E-state index in [1.807, 2.05) is 24.5 Å². The van der Waals surface area contributed by atoms with Gasteiger partial charge in [0, 0.05) is 13.1 Å². The average molecular weight is 333 g/mol. The zero-order valence-electron chi connectivity index (χ0n) is 13.9. The Kier molecular flexibility index (Phi) is 4.06. The molecule has 1 aliphatic rings. The molecule has 1 aliphatic heterocycles. The number of hydrogen-bond acceptors (Lipinski definition) is 3. The van der Waals surface area contributed by atoms with Crippen LogP contribution in [0.4, 0.5) is 0 Å². The SMILES string of the molecule is O=C1c2ccccc2C(=O)N1CCCCCn1cnc2ccccc21. The Labute approximate surface area is 145 Å². The van der Waals surface area contributed by atoms with Gasteiger partial charge in [-0.2, -0.15) is 0 Å². The molecule has 3 aromatic rings. The van der Waals surface area contributed by atoms with E-state index in [4.69, 9.17) is 0 Å². The van der Waals surface area contributed by atoms with Crippen molar-refractivity contribution >= 4 is 22.8 Å². The highest BCUT2D eigenvalue weighted by Crippen LogP contribution is 2.22. The fraction of sp³-hybridized carbons (Fsp3) is 0.250. The largest absolute Gasteiger partial charge is 0.331 e. The van der Waals surface area contributed by atoms with Gasteiger partial charge in [-0.1, -0.05) is 24.3 Å². The summed E-state index contributed by atoms with van der Waals surface area (Å²) in [7, 11) is 0. The van der Waals surface area contributed by atoms with Gasteiger partial charge in [-0.15, -0.1) is 0 Å². The maximum absolute atomic E-state index is 12.3. The Bertz CT molecular complexity index is 910. The Hall–Kier alpha value is -2.95. The van der Waals surface area contributed by atoms with Gasteiger partial charge in [0.05, 0.1) is 28.5 Å². The van der Waals surface area contributed by atoms with Crippen LogP contribution in [0.3, 0.4) is 0 Å². The zero-order valence-corrected chi connectivity index (χ0v) is 13.9. The zero-order chi connectivity index (χ0) is 17.2. The summed E-state index contributed by atoms with van der Waals surface area (Å²) in [4.78, 5) is 30.4. The number of hydrogen-bond donors (Lipinski definition) is 0. The predicted molar refractivity (Wildman–Crippen MR) is 95.4 cm³/mol. The number of aromatic nitrogens is 2. The summed E-state index contributed by atoms with van der Waals surface area (Å²) in [6.07, 6.45) is 4.64. The summed E-state index contributed by atoms with van der Waals surface area (Å²) in [6, 6.07) is 15.1. The second kappa shape index (κ2) is 6.51. The van der Waals surface area contributed by atoms with Gasteiger partial charge in [-0.25, -0.2) is 4.98 Å². The topological polar surface area (TPSA) is 55.2 Å². The number of amides is 2. The number of nitrogens with zero attached hydrogens (tertiary/aromatic N) is 3. The van der Waals surface area contributed by atoms with Crippen molar-refractivity contribution in [2.45, 2.75) is 25.8 Å². The Morgan fingerprint density at radius 1 is 0.760 bits per heavy atom. The van der Waals surface area contributed by atoms with Crippen LogP contribution in [0, 0.1) is 0 Å². The van der Waals surface area contributed by atoms with Crippen molar-refractivity contribution in [3.8, 4) is 0 Å². The molecule has 0 bridgehead atoms. The highest BCUT2D eigenvalue weighted by molar-refractivity contribution is 6.21. The van der Waals surface area contributed by atoms with E-state index in [2.05, 4.69) is 15.6 Å². The molecule has 0 atom stereocenters. The van der Waals surface area contributed by atoms with Gasteiger partial charge >= 0.3 is 0 Å². The lowest BCUT2D eigenvalue weighted by atomic mass is 10.1. The van der Waals surface area contributed by atoms with Crippen molar-refractivity contribution in [3.05, 3.63) is 66.0 Å². The number of imide groups is 1. The number of fused-ring (bicyclic) bond motifs is 2. The molecule has 0 radical (unpaired) electrons. The van der Waals surface area contributed by atoms with E-state index >= 15 is 0 Å². The Morgan fingerprint density at radius 2 is 1.40 bits per heavy atom. The molecule has 0 saturated carbocycles. The van der Waals surface area contributed by atoms with Crippen LogP contribution in [0.2, 0.25) is 0 Å². The molecule has 5 nitrogen and oxygen atoms in total. The first kappa shape index (κ1) is 15.6. The summed E-state index contributed by atoms with van der Waals surface area (Å²) in [5.41, 5.74) is 3.20. The van der Waals surface area contributed by atoms with E-state index in [1.165, 1.54) is 4.90 Å². The van der Waals surface area contributed by atoms with Gasteiger partial charge in [0.1, 0.15) is 0 Å². The van der Waals surface area contributed by atoms with Gasteiger partial charge in [0.15, 0.2) is 0 Å². The number of benzene rings is 2. The van der Waals surface area contributed by atoms with Crippen molar-refractivity contribution in [1.82, 2.24) is 14.5 Å². The first-order valence-electron chi connectivity index (χ1n) is 8.61. The number of carbonyl (C=O) groups excluding carboxylic acids is 2. The normalized spacial score (nSPS) is 13.7. The minimum atomic E-state index is -0.166. The van der Waals surface area contributed by atoms with Crippen LogP contribution in [-0.2, 0) is 6.54 Å². The van der Waals surface area contributed by atoms with E-state index in [0.29, 0.717) is 17.7 Å². The molecule has 2 aromatic carbocycles. The number of imidazole rings is 1. The van der Waals surface area contributed by atoms with Crippen LogP contribution in [0.25, 0.3) is 11.0 Å². The molecule has 0 saturated heterocycles. The van der Waals surface area contributed by atoms with Gasteiger partial charge in [-0.05, 0) is 43.5 Å². The smallest absolute Gasteiger partial charge is 0.261 e. The third kappa shape index (κ3) is 2.82. The Balaban J connectivity index is 1.29. The lowest BCUT2D eigenvalue weighted by Gasteiger charge is -2.13. The van der Waals surface area contributed by atoms with Crippen LogP contribution in [0.5, 0.6) is 0 Å². The highest BCUT2D eigenvalue weighted by atomic mass is 16.2. The van der Waals surface area contributed by atoms with E-state index in [1.54, 1.807) is 24.3 Å². The molecule has 2 amide bonds. The van der Waals surface area contributed by atoms with Gasteiger partial charge in [-0.3, -0.25) is 14.5 Å². The first-order chi connectivity index (χ1) is 12.3. The summed E-state index contributed by atoms with van der Waals surface area (Å²) >= 11 is 0. The fourth-order valence-electron chi connectivity index (χ4n) is 3.36. The van der Waals surface area contributed by atoms with Crippen molar-refractivity contribution in [3.63, 3.8) is 0 Å². The van der Waals surface area contributed by atoms with Crippen molar-refractivity contribution in [2.24, 2.45) is 0 Å². The van der Waals surface area contributed by atoms with E-state index in [9.17, 15) is 9.59 Å². The first-order valence-corrected chi connectivity index (χ1v) is 8.61. The Morgan fingerprint density at radius 3 is 2.16 bits per heavy atom. The summed E-state index contributed by atoms with van der Waals surface area (Å²) < 4.78 is 2.15. The summed E-state index contributed by atoms with van der Waals surface area (Å²) in [5.74, 6) is -0.331. The molecular formula is C20H19N3O2. The molecule has 0 aliphatic carbocycles. The minimum Gasteiger partial charge on any atom is -0.331 e. The second-order valence-electron chi connectivity index (χ2n) is 6.29. The molecule has 0 fully saturated rings. The molecule has 4 rings (SSSR count). The summed E-state index contributed by atoms with van der Waals surface area (Å²) in [6.45, 7) is 1.37. The van der Waals surface area contributed by atoms with E-state index < -0.39 is 0 Å². The maximum Gasteiger partial charge on any atom is 0.261 e. The maximum atomic E-state index is 12.3. The molecule has 126 valence electrons. The molecular weight excluding hydrogens is 314 g/mol. The molecule has 0 N–H and O–H groups in total. The van der Waals surface area contributed by atoms with Crippen molar-refractivity contribution in [2.75, 3.05) is 6.54 Å². The third-order valence-corrected chi connectivity index (χ3v) is 4.69. The van der Waals surface area contributed by atoms with Crippen molar-refractivity contribution < 1.29 is 9.59 Å². The highest BCUT2D eigenvalue weighted by Gasteiger charge is 2.34. The number of para-hydroxylation sites is 2. The second-order valence-corrected chi connectivity index (χ2v) is 6.29. The lowest BCUT2D eigenvalue weighted by Crippen LogP contribution is -2.30. The molecule has 0 spiro atoms. The predicted octanol–water partition coefficient (Wildman–Crippen LogP) is 3.50. The van der Waals surface area contributed by atoms with E-state index in [-0.39, 0.29) is 11.8 Å². The quantitative estimate of drug-likeness (QED) is 0.512. The molecule has 0 unspecified atom stereocenters. The monoisotopic (exact) mass is 333 g/mol. The number of aryl methyl sites for hydroxylation is 1. The number of unbranched alkanes of at least 4 members (excludes halogenated alkanes) is 2. The van der Waals surface area contributed by atoms with Crippen LogP contribution in [0.15, 0.2) is 54.9 Å². The van der Waals surface area contributed by atoms with Crippen LogP contribution >= 0.6 is 0 Å². The van der Waals surface area contributed by atoms with Crippen LogP contribution < -0.4 is 0 Å².